The summed E-state index contributed by atoms with van der Waals surface area (Å²) in [5, 5.41) is 0. The van der Waals surface area contributed by atoms with Crippen LogP contribution in [0.3, 0.4) is 0 Å². The van der Waals surface area contributed by atoms with E-state index in [1.54, 1.807) is 16.0 Å². The van der Waals surface area contributed by atoms with Crippen molar-refractivity contribution in [3.8, 4) is 5.75 Å². The largest absolute Gasteiger partial charge is 0.487 e. The fourth-order valence-electron chi connectivity index (χ4n) is 4.18. The Morgan fingerprint density at radius 2 is 1.84 bits per heavy atom. The number of halogens is 2. The molecular weight excluding hydrogens is 402 g/mol. The predicted octanol–water partition coefficient (Wildman–Crippen LogP) is 4.30. The molecule has 0 aliphatic carbocycles. The van der Waals surface area contributed by atoms with Gasteiger partial charge in [-0.2, -0.15) is 0 Å². The summed E-state index contributed by atoms with van der Waals surface area (Å²) in [4.78, 5) is 28.5. The third kappa shape index (κ3) is 4.60. The van der Waals surface area contributed by atoms with Crippen molar-refractivity contribution in [2.75, 3.05) is 13.1 Å². The number of carbonyl (C=O) groups is 2. The number of likely N-dealkylation sites (tertiary alicyclic amines) is 1. The minimum absolute atomic E-state index is 0.0221. The SMILES string of the molecule is CC(=O)N1C=Cc2ccccc2C1CC(=O)N1CCC(Oc2ccc(F)cc2F)CC1. The number of rotatable bonds is 4. The molecule has 4 rings (SSSR count). The van der Waals surface area contributed by atoms with Crippen LogP contribution in [0.5, 0.6) is 5.75 Å². The quantitative estimate of drug-likeness (QED) is 0.733. The van der Waals surface area contributed by atoms with E-state index in [1.807, 2.05) is 30.3 Å². The van der Waals surface area contributed by atoms with E-state index >= 15 is 0 Å². The molecule has 1 atom stereocenters. The molecule has 1 unspecified atom stereocenters. The van der Waals surface area contributed by atoms with Gasteiger partial charge in [-0.05, 0) is 29.3 Å². The van der Waals surface area contributed by atoms with Crippen LogP contribution >= 0.6 is 0 Å². The lowest BCUT2D eigenvalue weighted by molar-refractivity contribution is -0.136. The number of benzene rings is 2. The first-order valence-corrected chi connectivity index (χ1v) is 10.4. The Kier molecular flexibility index (Phi) is 6.02. The van der Waals surface area contributed by atoms with Gasteiger partial charge in [0.25, 0.3) is 0 Å². The first kappa shape index (κ1) is 21.0. The molecule has 0 aromatic heterocycles. The molecular formula is C24H24F2N2O3. The maximum absolute atomic E-state index is 13.8. The average Bonchev–Trinajstić information content (AvgIpc) is 2.76. The van der Waals surface area contributed by atoms with Crippen LogP contribution in [-0.2, 0) is 9.59 Å². The molecule has 0 spiro atoms. The molecule has 162 valence electrons. The van der Waals surface area contributed by atoms with Gasteiger partial charge in [-0.1, -0.05) is 24.3 Å². The number of carbonyl (C=O) groups excluding carboxylic acids is 2. The molecule has 0 saturated carbocycles. The second kappa shape index (κ2) is 8.88. The van der Waals surface area contributed by atoms with Gasteiger partial charge in [0.05, 0.1) is 12.5 Å². The highest BCUT2D eigenvalue weighted by molar-refractivity contribution is 5.82. The van der Waals surface area contributed by atoms with Gasteiger partial charge in [-0.3, -0.25) is 9.59 Å². The number of hydrogen-bond acceptors (Lipinski definition) is 3. The number of fused-ring (bicyclic) bond motifs is 1. The van der Waals surface area contributed by atoms with E-state index in [0.29, 0.717) is 25.9 Å². The zero-order valence-electron chi connectivity index (χ0n) is 17.3. The molecule has 2 aromatic carbocycles. The Labute approximate surface area is 179 Å². The summed E-state index contributed by atoms with van der Waals surface area (Å²) in [6.07, 6.45) is 4.69. The van der Waals surface area contributed by atoms with Crippen LogP contribution in [0.4, 0.5) is 8.78 Å². The van der Waals surface area contributed by atoms with Crippen LogP contribution in [0, 0.1) is 11.6 Å². The maximum atomic E-state index is 13.8. The monoisotopic (exact) mass is 426 g/mol. The van der Waals surface area contributed by atoms with Crippen LogP contribution in [-0.4, -0.2) is 40.8 Å². The van der Waals surface area contributed by atoms with Crippen LogP contribution in [0.1, 0.15) is 43.4 Å². The van der Waals surface area contributed by atoms with Crippen molar-refractivity contribution >= 4 is 17.9 Å². The number of hydrogen-bond donors (Lipinski definition) is 0. The van der Waals surface area contributed by atoms with Gasteiger partial charge in [-0.15, -0.1) is 0 Å². The molecule has 1 fully saturated rings. The van der Waals surface area contributed by atoms with Crippen molar-refractivity contribution in [2.24, 2.45) is 0 Å². The van der Waals surface area contributed by atoms with Gasteiger partial charge in [0.1, 0.15) is 11.9 Å². The maximum Gasteiger partial charge on any atom is 0.225 e. The zero-order valence-corrected chi connectivity index (χ0v) is 17.3. The first-order valence-electron chi connectivity index (χ1n) is 10.4. The number of nitrogens with zero attached hydrogens (tertiary/aromatic N) is 2. The third-order valence-corrected chi connectivity index (χ3v) is 5.82. The van der Waals surface area contributed by atoms with E-state index in [-0.39, 0.29) is 36.1 Å². The van der Waals surface area contributed by atoms with Gasteiger partial charge >= 0.3 is 0 Å². The molecule has 2 amide bonds. The van der Waals surface area contributed by atoms with Crippen molar-refractivity contribution in [3.63, 3.8) is 0 Å². The number of amides is 2. The number of ether oxygens (including phenoxy) is 1. The van der Waals surface area contributed by atoms with Crippen molar-refractivity contribution in [3.05, 3.63) is 71.4 Å². The van der Waals surface area contributed by atoms with E-state index in [9.17, 15) is 18.4 Å². The van der Waals surface area contributed by atoms with Gasteiger partial charge < -0.3 is 14.5 Å². The Morgan fingerprint density at radius 1 is 1.10 bits per heavy atom. The standard InChI is InChI=1S/C24H24F2N2O3/c1-16(29)28-13-8-17-4-2-3-5-20(17)22(28)15-24(30)27-11-9-19(10-12-27)31-23-7-6-18(25)14-21(23)26/h2-8,13-14,19,22H,9-12,15H2,1H3. The summed E-state index contributed by atoms with van der Waals surface area (Å²) >= 11 is 0. The van der Waals surface area contributed by atoms with Gasteiger partial charge in [0, 0.05) is 45.1 Å². The minimum Gasteiger partial charge on any atom is -0.487 e. The second-order valence-corrected chi connectivity index (χ2v) is 7.86. The van der Waals surface area contributed by atoms with Gasteiger partial charge in [0.15, 0.2) is 11.6 Å². The van der Waals surface area contributed by atoms with Crippen molar-refractivity contribution in [1.82, 2.24) is 9.80 Å². The zero-order chi connectivity index (χ0) is 22.0. The van der Waals surface area contributed by atoms with E-state index < -0.39 is 11.6 Å². The Balaban J connectivity index is 1.38. The minimum atomic E-state index is -0.730. The topological polar surface area (TPSA) is 49.9 Å². The summed E-state index contributed by atoms with van der Waals surface area (Å²) < 4.78 is 32.6. The van der Waals surface area contributed by atoms with Crippen molar-refractivity contribution in [1.29, 1.82) is 0 Å². The van der Waals surface area contributed by atoms with Crippen molar-refractivity contribution in [2.45, 2.75) is 38.3 Å². The third-order valence-electron chi connectivity index (χ3n) is 5.82. The van der Waals surface area contributed by atoms with Crippen LogP contribution in [0.25, 0.3) is 6.08 Å². The molecule has 2 heterocycles. The Hall–Kier alpha value is -3.22. The van der Waals surface area contributed by atoms with E-state index in [0.717, 1.165) is 23.3 Å². The molecule has 7 heteroatoms. The highest BCUT2D eigenvalue weighted by Gasteiger charge is 2.31. The second-order valence-electron chi connectivity index (χ2n) is 7.86. The molecule has 0 N–H and O–H groups in total. The van der Waals surface area contributed by atoms with Gasteiger partial charge in [-0.25, -0.2) is 8.78 Å². The van der Waals surface area contributed by atoms with Crippen LogP contribution in [0.15, 0.2) is 48.7 Å². The molecule has 0 bridgehead atoms. The lowest BCUT2D eigenvalue weighted by Crippen LogP contribution is -2.43. The Morgan fingerprint density at radius 3 is 2.55 bits per heavy atom. The summed E-state index contributed by atoms with van der Waals surface area (Å²) in [7, 11) is 0. The van der Waals surface area contributed by atoms with Crippen molar-refractivity contribution < 1.29 is 23.1 Å². The lowest BCUT2D eigenvalue weighted by atomic mass is 9.93. The molecule has 31 heavy (non-hydrogen) atoms. The normalized spacial score (nSPS) is 18.6. The summed E-state index contributed by atoms with van der Waals surface area (Å²) in [5.41, 5.74) is 1.96. The van der Waals surface area contributed by atoms with Crippen LogP contribution in [0.2, 0.25) is 0 Å². The summed E-state index contributed by atoms with van der Waals surface area (Å²) in [6, 6.07) is 10.7. The first-order chi connectivity index (χ1) is 14.9. The summed E-state index contributed by atoms with van der Waals surface area (Å²) in [5.74, 6) is -1.51. The number of piperidine rings is 1. The Bertz CT molecular complexity index is 1020. The molecule has 2 aliphatic heterocycles. The molecule has 2 aromatic rings. The van der Waals surface area contributed by atoms with Gasteiger partial charge in [0.2, 0.25) is 11.8 Å². The molecule has 1 saturated heterocycles. The molecule has 2 aliphatic rings. The average molecular weight is 426 g/mol. The lowest BCUT2D eigenvalue weighted by Gasteiger charge is -2.36. The fourth-order valence-corrected chi connectivity index (χ4v) is 4.18. The molecule has 0 radical (unpaired) electrons. The van der Waals surface area contributed by atoms with E-state index in [1.165, 1.54) is 13.0 Å². The van der Waals surface area contributed by atoms with Crippen LogP contribution < -0.4 is 4.74 Å². The highest BCUT2D eigenvalue weighted by atomic mass is 19.1. The fraction of sp³-hybridized carbons (Fsp3) is 0.333. The summed E-state index contributed by atoms with van der Waals surface area (Å²) in [6.45, 7) is 2.46. The predicted molar refractivity (Wildman–Crippen MR) is 112 cm³/mol. The van der Waals surface area contributed by atoms with E-state index in [4.69, 9.17) is 4.74 Å². The highest BCUT2D eigenvalue weighted by Crippen LogP contribution is 2.33. The molecule has 5 nitrogen and oxygen atoms in total. The van der Waals surface area contributed by atoms with E-state index in [2.05, 4.69) is 0 Å². The smallest absolute Gasteiger partial charge is 0.225 e.